The van der Waals surface area contributed by atoms with E-state index in [0.717, 1.165) is 34.9 Å². The van der Waals surface area contributed by atoms with E-state index >= 15 is 0 Å². The standard InChI is InChI=1S/C23H26BrN7O2/c24-17-13-27-22-20(18(14-28-22)29-23(33)15-3-1-5-25-12-15)21(17)31-9-7-30(8-10-31)19(32)11-16-4-2-6-26-16/h1,3,5,12-14,16,26H,2,4,6-11H2,(H,27,28)(H,29,33)/t16-/m0/s1. The van der Waals surface area contributed by atoms with Crippen LogP contribution in [0.4, 0.5) is 11.4 Å². The third kappa shape index (κ3) is 4.58. The largest absolute Gasteiger partial charge is 0.366 e. The average Bonchev–Trinajstić information content (AvgIpc) is 3.50. The number of carbonyl (C=O) groups excluding carboxylic acids is 2. The van der Waals surface area contributed by atoms with Crippen LogP contribution in [0.25, 0.3) is 11.0 Å². The summed E-state index contributed by atoms with van der Waals surface area (Å²) in [6, 6.07) is 3.77. The van der Waals surface area contributed by atoms with Crippen LogP contribution in [0.2, 0.25) is 0 Å². The van der Waals surface area contributed by atoms with Crippen molar-refractivity contribution in [3.05, 3.63) is 47.0 Å². The highest BCUT2D eigenvalue weighted by Gasteiger charge is 2.27. The van der Waals surface area contributed by atoms with E-state index in [1.165, 1.54) is 6.20 Å². The van der Waals surface area contributed by atoms with E-state index in [0.29, 0.717) is 55.5 Å². The van der Waals surface area contributed by atoms with Crippen molar-refractivity contribution in [1.29, 1.82) is 0 Å². The van der Waals surface area contributed by atoms with Gasteiger partial charge in [0.15, 0.2) is 0 Å². The molecule has 2 amide bonds. The Morgan fingerprint density at radius 1 is 1.21 bits per heavy atom. The van der Waals surface area contributed by atoms with Crippen molar-refractivity contribution in [2.24, 2.45) is 0 Å². The van der Waals surface area contributed by atoms with Crippen LogP contribution in [0.3, 0.4) is 0 Å². The van der Waals surface area contributed by atoms with Crippen LogP contribution in [0.15, 0.2) is 41.4 Å². The van der Waals surface area contributed by atoms with Gasteiger partial charge in [0.25, 0.3) is 5.91 Å². The summed E-state index contributed by atoms with van der Waals surface area (Å²) in [5, 5.41) is 7.24. The summed E-state index contributed by atoms with van der Waals surface area (Å²) < 4.78 is 0.849. The molecular weight excluding hydrogens is 486 g/mol. The number of nitrogens with one attached hydrogen (secondary N) is 3. The normalized spacial score (nSPS) is 18.6. The summed E-state index contributed by atoms with van der Waals surface area (Å²) in [5.41, 5.74) is 2.81. The van der Waals surface area contributed by atoms with E-state index < -0.39 is 0 Å². The number of carbonyl (C=O) groups is 2. The second-order valence-electron chi connectivity index (χ2n) is 8.44. The molecule has 2 fully saturated rings. The van der Waals surface area contributed by atoms with Crippen LogP contribution in [-0.2, 0) is 4.79 Å². The molecule has 3 aromatic heterocycles. The molecule has 1 atom stereocenters. The molecule has 172 valence electrons. The number of aromatic nitrogens is 3. The average molecular weight is 512 g/mol. The molecule has 0 aliphatic carbocycles. The molecule has 33 heavy (non-hydrogen) atoms. The molecule has 3 N–H and O–H groups in total. The fourth-order valence-corrected chi connectivity index (χ4v) is 5.16. The van der Waals surface area contributed by atoms with Gasteiger partial charge in [-0.2, -0.15) is 0 Å². The summed E-state index contributed by atoms with van der Waals surface area (Å²) in [6.45, 7) is 3.77. The van der Waals surface area contributed by atoms with Crippen molar-refractivity contribution < 1.29 is 9.59 Å². The molecule has 0 bridgehead atoms. The maximum absolute atomic E-state index is 12.7. The van der Waals surface area contributed by atoms with E-state index in [-0.39, 0.29) is 11.8 Å². The number of hydrogen-bond acceptors (Lipinski definition) is 6. The number of halogens is 1. The minimum atomic E-state index is -0.231. The molecule has 0 spiro atoms. The lowest BCUT2D eigenvalue weighted by Gasteiger charge is -2.37. The molecule has 5 heterocycles. The van der Waals surface area contributed by atoms with Crippen LogP contribution >= 0.6 is 15.9 Å². The lowest BCUT2D eigenvalue weighted by Crippen LogP contribution is -2.49. The molecule has 3 aromatic rings. The van der Waals surface area contributed by atoms with Gasteiger partial charge in [-0.05, 0) is 47.4 Å². The Morgan fingerprint density at radius 3 is 2.79 bits per heavy atom. The zero-order valence-electron chi connectivity index (χ0n) is 18.2. The van der Waals surface area contributed by atoms with Gasteiger partial charge < -0.3 is 25.4 Å². The highest BCUT2D eigenvalue weighted by Crippen LogP contribution is 2.38. The first-order valence-electron chi connectivity index (χ1n) is 11.2. The van der Waals surface area contributed by atoms with Crippen molar-refractivity contribution in [3.63, 3.8) is 0 Å². The number of amides is 2. The minimum Gasteiger partial charge on any atom is -0.366 e. The summed E-state index contributed by atoms with van der Waals surface area (Å²) >= 11 is 3.66. The number of hydrogen-bond donors (Lipinski definition) is 3. The zero-order chi connectivity index (χ0) is 22.8. The highest BCUT2D eigenvalue weighted by molar-refractivity contribution is 9.10. The van der Waals surface area contributed by atoms with Gasteiger partial charge in [0.05, 0.1) is 26.8 Å². The van der Waals surface area contributed by atoms with Crippen molar-refractivity contribution in [2.45, 2.75) is 25.3 Å². The fourth-order valence-electron chi connectivity index (χ4n) is 4.61. The monoisotopic (exact) mass is 511 g/mol. The molecular formula is C23H26BrN7O2. The molecule has 5 rings (SSSR count). The van der Waals surface area contributed by atoms with Crippen LogP contribution in [-0.4, -0.2) is 70.4 Å². The van der Waals surface area contributed by atoms with Crippen molar-refractivity contribution >= 4 is 50.2 Å². The predicted molar refractivity (Wildman–Crippen MR) is 130 cm³/mol. The smallest absolute Gasteiger partial charge is 0.257 e. The van der Waals surface area contributed by atoms with Crippen LogP contribution in [0, 0.1) is 0 Å². The number of pyridine rings is 2. The maximum Gasteiger partial charge on any atom is 0.257 e. The fraction of sp³-hybridized carbons (Fsp3) is 0.391. The first-order chi connectivity index (χ1) is 16.1. The molecule has 2 saturated heterocycles. The quantitative estimate of drug-likeness (QED) is 0.486. The molecule has 0 aromatic carbocycles. The Morgan fingerprint density at radius 2 is 2.06 bits per heavy atom. The summed E-state index contributed by atoms with van der Waals surface area (Å²) in [4.78, 5) is 41.3. The van der Waals surface area contributed by atoms with E-state index in [1.54, 1.807) is 30.7 Å². The Kier molecular flexibility index (Phi) is 6.28. The molecule has 10 heteroatoms. The number of piperazine rings is 1. The molecule has 2 aliphatic rings. The second-order valence-corrected chi connectivity index (χ2v) is 9.30. The first-order valence-corrected chi connectivity index (χ1v) is 12.0. The van der Waals surface area contributed by atoms with Gasteiger partial charge in [-0.25, -0.2) is 4.98 Å². The number of aromatic amines is 1. The van der Waals surface area contributed by atoms with Gasteiger partial charge in [0.2, 0.25) is 5.91 Å². The van der Waals surface area contributed by atoms with Gasteiger partial charge >= 0.3 is 0 Å². The minimum absolute atomic E-state index is 0.221. The number of rotatable bonds is 5. The molecule has 0 unspecified atom stereocenters. The van der Waals surface area contributed by atoms with Gasteiger partial charge in [-0.3, -0.25) is 14.6 Å². The summed E-state index contributed by atoms with van der Waals surface area (Å²) in [6.07, 6.45) is 9.50. The highest BCUT2D eigenvalue weighted by atomic mass is 79.9. The van der Waals surface area contributed by atoms with Gasteiger partial charge in [-0.15, -0.1) is 0 Å². The number of H-pyrrole nitrogens is 1. The summed E-state index contributed by atoms with van der Waals surface area (Å²) in [5.74, 6) is -0.00933. The van der Waals surface area contributed by atoms with E-state index in [4.69, 9.17) is 0 Å². The lowest BCUT2D eigenvalue weighted by molar-refractivity contribution is -0.131. The predicted octanol–water partition coefficient (Wildman–Crippen LogP) is 2.76. The van der Waals surface area contributed by atoms with Gasteiger partial charge in [0, 0.05) is 63.4 Å². The number of anilines is 2. The van der Waals surface area contributed by atoms with Crippen LogP contribution in [0.1, 0.15) is 29.6 Å². The Labute approximate surface area is 200 Å². The van der Waals surface area contributed by atoms with Crippen molar-refractivity contribution in [3.8, 4) is 0 Å². The third-order valence-corrected chi connectivity index (χ3v) is 6.91. The number of nitrogens with zero attached hydrogens (tertiary/aromatic N) is 4. The SMILES string of the molecule is O=C(Nc1c[nH]c2ncc(Br)c(N3CCN(C(=O)C[C@@H]4CCCN4)CC3)c12)c1cccnc1. The van der Waals surface area contributed by atoms with Crippen LogP contribution < -0.4 is 15.5 Å². The van der Waals surface area contributed by atoms with E-state index in [2.05, 4.69) is 46.4 Å². The third-order valence-electron chi connectivity index (χ3n) is 6.33. The van der Waals surface area contributed by atoms with Gasteiger partial charge in [0.1, 0.15) is 5.65 Å². The first kappa shape index (κ1) is 21.8. The molecule has 2 aliphatic heterocycles. The lowest BCUT2D eigenvalue weighted by atomic mass is 10.1. The summed E-state index contributed by atoms with van der Waals surface area (Å²) in [7, 11) is 0. The van der Waals surface area contributed by atoms with E-state index in [1.807, 2.05) is 4.90 Å². The van der Waals surface area contributed by atoms with Crippen LogP contribution in [0.5, 0.6) is 0 Å². The number of fused-ring (bicyclic) bond motifs is 1. The zero-order valence-corrected chi connectivity index (χ0v) is 19.8. The van der Waals surface area contributed by atoms with Gasteiger partial charge in [-0.1, -0.05) is 0 Å². The van der Waals surface area contributed by atoms with E-state index in [9.17, 15) is 9.59 Å². The molecule has 0 radical (unpaired) electrons. The van der Waals surface area contributed by atoms with Crippen molar-refractivity contribution in [2.75, 3.05) is 42.9 Å². The Balaban J connectivity index is 1.34. The second kappa shape index (κ2) is 9.48. The molecule has 9 nitrogen and oxygen atoms in total. The van der Waals surface area contributed by atoms with Crippen molar-refractivity contribution in [1.82, 2.24) is 25.2 Å². The maximum atomic E-state index is 12.7. The topological polar surface area (TPSA) is 106 Å². The Hall–Kier alpha value is -2.98. The molecule has 0 saturated carbocycles. The Bertz CT molecular complexity index is 1150.